The first kappa shape index (κ1) is 15.9. The Hall–Kier alpha value is -1.51. The summed E-state index contributed by atoms with van der Waals surface area (Å²) in [4.78, 5) is 25.1. The smallest absolute Gasteiger partial charge is 0.286 e. The number of amides is 1. The molecule has 1 aliphatic rings. The third kappa shape index (κ3) is 3.39. The Kier molecular flexibility index (Phi) is 4.92. The molecule has 6 nitrogen and oxygen atoms in total. The van der Waals surface area contributed by atoms with E-state index in [0.29, 0.717) is 6.54 Å². The number of carbonyl (C=O) groups excluding carboxylic acids is 1. The maximum absolute atomic E-state index is 13.5. The minimum absolute atomic E-state index is 0.0944. The van der Waals surface area contributed by atoms with Crippen molar-refractivity contribution in [2.45, 2.75) is 18.2 Å². The van der Waals surface area contributed by atoms with Gasteiger partial charge in [0.25, 0.3) is 5.56 Å². The lowest BCUT2D eigenvalue weighted by Crippen LogP contribution is -2.40. The number of pyridine rings is 1. The average Bonchev–Trinajstić information content (AvgIpc) is 2.76. The molecule has 1 saturated heterocycles. The minimum Gasteiger partial charge on any atom is -0.323 e. The van der Waals surface area contributed by atoms with Gasteiger partial charge in [-0.2, -0.15) is 0 Å². The third-order valence-electron chi connectivity index (χ3n) is 3.27. The summed E-state index contributed by atoms with van der Waals surface area (Å²) < 4.78 is 26.7. The van der Waals surface area contributed by atoms with E-state index in [2.05, 4.69) is 10.6 Å². The molecule has 1 amide bonds. The number of nitrogens with zero attached hydrogens (tertiary/aromatic N) is 2. The van der Waals surface area contributed by atoms with Crippen LogP contribution in [-0.2, 0) is 11.3 Å². The highest BCUT2D eigenvalue weighted by atomic mass is 35.5. The molecule has 0 radical (unpaired) electrons. The molecular weight excluding hydrogens is 306 g/mol. The van der Waals surface area contributed by atoms with Crippen molar-refractivity contribution >= 4 is 23.2 Å². The van der Waals surface area contributed by atoms with E-state index in [1.54, 1.807) is 11.9 Å². The number of hydrogen-bond donors (Lipinski definition) is 2. The number of alkyl halides is 2. The molecule has 1 fully saturated rings. The minimum atomic E-state index is -1.05. The third-order valence-corrected chi connectivity index (χ3v) is 3.73. The van der Waals surface area contributed by atoms with Crippen LogP contribution in [-0.4, -0.2) is 47.3 Å². The van der Waals surface area contributed by atoms with Gasteiger partial charge in [-0.1, -0.05) is 11.6 Å². The predicted octanol–water partition coefficient (Wildman–Crippen LogP) is 0.321. The molecular formula is C12H15ClF2N4O2. The molecule has 2 heterocycles. The van der Waals surface area contributed by atoms with E-state index in [-0.39, 0.29) is 12.2 Å². The van der Waals surface area contributed by atoms with E-state index in [0.717, 1.165) is 10.6 Å². The van der Waals surface area contributed by atoms with Gasteiger partial charge >= 0.3 is 0 Å². The zero-order chi connectivity index (χ0) is 15.6. The number of halogens is 3. The van der Waals surface area contributed by atoms with E-state index in [1.807, 2.05) is 0 Å². The lowest BCUT2D eigenvalue weighted by molar-refractivity contribution is -0.119. The largest absolute Gasteiger partial charge is 0.323 e. The molecule has 0 bridgehead atoms. The van der Waals surface area contributed by atoms with Crippen LogP contribution in [0, 0.1) is 5.82 Å². The first-order valence-electron chi connectivity index (χ1n) is 6.30. The SMILES string of the molecule is CN1C(Cl)NCC1C(=O)Nc1cc(F)c(=O)n(CCF)c1. The summed E-state index contributed by atoms with van der Waals surface area (Å²) in [5, 5.41) is 5.39. The van der Waals surface area contributed by atoms with Gasteiger partial charge in [0.1, 0.15) is 18.3 Å². The number of nitrogens with one attached hydrogen (secondary N) is 2. The number of anilines is 1. The van der Waals surface area contributed by atoms with Gasteiger partial charge in [-0.05, 0) is 7.05 Å². The summed E-state index contributed by atoms with van der Waals surface area (Å²) in [6.45, 7) is -0.725. The Morgan fingerprint density at radius 3 is 2.90 bits per heavy atom. The molecule has 0 aliphatic carbocycles. The van der Waals surface area contributed by atoms with Crippen LogP contribution in [0.15, 0.2) is 17.1 Å². The Balaban J connectivity index is 2.16. The molecule has 2 unspecified atom stereocenters. The predicted molar refractivity (Wildman–Crippen MR) is 74.5 cm³/mol. The Morgan fingerprint density at radius 1 is 1.62 bits per heavy atom. The number of hydrogen-bond acceptors (Lipinski definition) is 4. The van der Waals surface area contributed by atoms with Gasteiger partial charge in [-0.15, -0.1) is 0 Å². The molecule has 0 saturated carbocycles. The van der Waals surface area contributed by atoms with Crippen molar-refractivity contribution in [3.63, 3.8) is 0 Å². The molecule has 2 rings (SSSR count). The molecule has 2 atom stereocenters. The van der Waals surface area contributed by atoms with Gasteiger partial charge in [-0.25, -0.2) is 8.78 Å². The zero-order valence-electron chi connectivity index (χ0n) is 11.3. The highest BCUT2D eigenvalue weighted by Gasteiger charge is 2.33. The number of carbonyl (C=O) groups is 1. The second-order valence-corrected chi connectivity index (χ2v) is 5.09. The summed E-state index contributed by atoms with van der Waals surface area (Å²) in [5.74, 6) is -1.44. The average molecular weight is 321 g/mol. The topological polar surface area (TPSA) is 66.4 Å². The van der Waals surface area contributed by atoms with E-state index in [1.165, 1.54) is 6.20 Å². The summed E-state index contributed by atoms with van der Waals surface area (Å²) in [5.41, 5.74) is -1.29. The summed E-state index contributed by atoms with van der Waals surface area (Å²) in [7, 11) is 1.67. The van der Waals surface area contributed by atoms with Crippen molar-refractivity contribution in [1.82, 2.24) is 14.8 Å². The summed E-state index contributed by atoms with van der Waals surface area (Å²) in [6, 6.07) is 0.396. The molecule has 0 aromatic carbocycles. The van der Waals surface area contributed by atoms with E-state index >= 15 is 0 Å². The van der Waals surface area contributed by atoms with Crippen molar-refractivity contribution < 1.29 is 13.6 Å². The highest BCUT2D eigenvalue weighted by Crippen LogP contribution is 2.14. The molecule has 9 heteroatoms. The molecule has 0 spiro atoms. The van der Waals surface area contributed by atoms with Gasteiger partial charge in [0, 0.05) is 18.8 Å². The van der Waals surface area contributed by atoms with Crippen LogP contribution in [0.4, 0.5) is 14.5 Å². The molecule has 1 aromatic heterocycles. The maximum Gasteiger partial charge on any atom is 0.286 e. The first-order chi connectivity index (χ1) is 9.93. The lowest BCUT2D eigenvalue weighted by Gasteiger charge is -2.20. The second kappa shape index (κ2) is 6.50. The summed E-state index contributed by atoms with van der Waals surface area (Å²) in [6.07, 6.45) is 1.21. The molecule has 1 aliphatic heterocycles. The van der Waals surface area contributed by atoms with Crippen molar-refractivity contribution in [2.75, 3.05) is 25.6 Å². The van der Waals surface area contributed by atoms with Crippen molar-refractivity contribution in [3.8, 4) is 0 Å². The number of rotatable bonds is 4. The van der Waals surface area contributed by atoms with Gasteiger partial charge < -0.3 is 9.88 Å². The first-order valence-corrected chi connectivity index (χ1v) is 6.74. The second-order valence-electron chi connectivity index (χ2n) is 4.68. The lowest BCUT2D eigenvalue weighted by atomic mass is 10.2. The van der Waals surface area contributed by atoms with Gasteiger partial charge in [-0.3, -0.25) is 19.8 Å². The van der Waals surface area contributed by atoms with Gasteiger partial charge in [0.05, 0.1) is 12.2 Å². The van der Waals surface area contributed by atoms with E-state index in [4.69, 9.17) is 11.6 Å². The molecule has 21 heavy (non-hydrogen) atoms. The fourth-order valence-corrected chi connectivity index (χ4v) is 2.31. The Labute approximate surface area is 124 Å². The quantitative estimate of drug-likeness (QED) is 0.619. The Morgan fingerprint density at radius 2 is 2.33 bits per heavy atom. The Bertz CT molecular complexity index is 595. The van der Waals surface area contributed by atoms with Crippen molar-refractivity contribution in [2.24, 2.45) is 0 Å². The summed E-state index contributed by atoms with van der Waals surface area (Å²) >= 11 is 5.90. The number of likely N-dealkylation sites (N-methyl/N-ethyl adjacent to an activating group) is 1. The van der Waals surface area contributed by atoms with E-state index in [9.17, 15) is 18.4 Å². The van der Waals surface area contributed by atoms with Gasteiger partial charge in [0.2, 0.25) is 5.91 Å². The fourth-order valence-electron chi connectivity index (χ4n) is 2.08. The molecule has 116 valence electrons. The normalized spacial score (nSPS) is 22.5. The highest BCUT2D eigenvalue weighted by molar-refractivity contribution is 6.20. The van der Waals surface area contributed by atoms with Crippen LogP contribution in [0.2, 0.25) is 0 Å². The number of aryl methyl sites for hydroxylation is 1. The number of aromatic nitrogens is 1. The van der Waals surface area contributed by atoms with Crippen LogP contribution in [0.5, 0.6) is 0 Å². The van der Waals surface area contributed by atoms with Crippen LogP contribution in [0.3, 0.4) is 0 Å². The maximum atomic E-state index is 13.5. The van der Waals surface area contributed by atoms with E-state index < -0.39 is 35.6 Å². The van der Waals surface area contributed by atoms with Gasteiger partial charge in [0.15, 0.2) is 5.82 Å². The molecule has 2 N–H and O–H groups in total. The molecule has 1 aromatic rings. The van der Waals surface area contributed by atoms with Crippen LogP contribution >= 0.6 is 11.6 Å². The zero-order valence-corrected chi connectivity index (χ0v) is 12.0. The fraction of sp³-hybridized carbons (Fsp3) is 0.500. The van der Waals surface area contributed by atoms with Crippen LogP contribution in [0.25, 0.3) is 0 Å². The van der Waals surface area contributed by atoms with Crippen molar-refractivity contribution in [1.29, 1.82) is 0 Å². The van der Waals surface area contributed by atoms with Crippen LogP contribution in [0.1, 0.15) is 0 Å². The van der Waals surface area contributed by atoms with Crippen molar-refractivity contribution in [3.05, 3.63) is 28.4 Å². The monoisotopic (exact) mass is 320 g/mol. The van der Waals surface area contributed by atoms with Crippen LogP contribution < -0.4 is 16.2 Å². The standard InChI is InChI=1S/C12H15ClF2N4O2/c1-18-9(5-16-12(18)13)10(20)17-7-4-8(15)11(21)19(6-7)3-2-14/h4,6,9,12,16H,2-3,5H2,1H3,(H,17,20).